The molecule has 0 unspecified atom stereocenters. The van der Waals surface area contributed by atoms with Gasteiger partial charge >= 0.3 is 0 Å². The number of hydrogen-bond acceptors (Lipinski definition) is 12. The highest BCUT2D eigenvalue weighted by atomic mass is 32.2. The molecule has 4 N–H and O–H groups in total. The molecule has 304 valence electrons. The molecular formula is C30H58N6O12S4. The molecule has 0 aromatic rings. The van der Waals surface area contributed by atoms with Crippen molar-refractivity contribution in [3.8, 4) is 0 Å². The molecular weight excluding hydrogens is 765 g/mol. The first-order valence-electron chi connectivity index (χ1n) is 17.3. The summed E-state index contributed by atoms with van der Waals surface area (Å²) in [6.07, 6.45) is 9.95. The summed E-state index contributed by atoms with van der Waals surface area (Å²) in [6.45, 7) is 11.0. The summed E-state index contributed by atoms with van der Waals surface area (Å²) in [6, 6.07) is 0. The maximum atomic E-state index is 11.5. The third kappa shape index (κ3) is 15.5. The van der Waals surface area contributed by atoms with Crippen molar-refractivity contribution in [1.82, 2.24) is 19.6 Å². The van der Waals surface area contributed by atoms with Gasteiger partial charge in [-0.3, -0.25) is 19.2 Å². The summed E-state index contributed by atoms with van der Waals surface area (Å²) >= 11 is 0. The highest BCUT2D eigenvalue weighted by Gasteiger charge is 2.32. The van der Waals surface area contributed by atoms with Gasteiger partial charge in [0.2, 0.25) is 43.7 Å². The molecule has 4 heterocycles. The van der Waals surface area contributed by atoms with Crippen LogP contribution in [0.1, 0.15) is 79.1 Å². The molecule has 4 aliphatic heterocycles. The first-order valence-corrected chi connectivity index (χ1v) is 24.4. The molecule has 52 heavy (non-hydrogen) atoms. The molecule has 4 saturated heterocycles. The molecule has 4 amide bonds. The lowest BCUT2D eigenvalue weighted by Crippen LogP contribution is -2.42. The third-order valence-electron chi connectivity index (χ3n) is 9.33. The molecule has 22 heteroatoms. The van der Waals surface area contributed by atoms with Gasteiger partial charge in [0.15, 0.2) is 30.2 Å². The van der Waals surface area contributed by atoms with Gasteiger partial charge in [-0.2, -0.15) is 0 Å². The summed E-state index contributed by atoms with van der Waals surface area (Å²) in [5.74, 6) is -1.25. The van der Waals surface area contributed by atoms with Crippen LogP contribution in [-0.4, -0.2) is 163 Å². The molecule has 0 aliphatic carbocycles. The molecule has 0 radical (unpaired) electrons. The molecule has 0 aromatic heterocycles. The fourth-order valence-corrected chi connectivity index (χ4v) is 7.32. The smallest absolute Gasteiger partial charge is 0.242 e. The van der Waals surface area contributed by atoms with Crippen LogP contribution in [0.5, 0.6) is 0 Å². The van der Waals surface area contributed by atoms with E-state index in [2.05, 4.69) is 0 Å². The molecule has 4 atom stereocenters. The summed E-state index contributed by atoms with van der Waals surface area (Å²) in [5, 5.41) is 5.77. The minimum Gasteiger partial charge on any atom is -0.342 e. The average molecular weight is 823 g/mol. The number of carbonyl (C=O) groups is 4. The van der Waals surface area contributed by atoms with Crippen LogP contribution >= 0.6 is 0 Å². The summed E-state index contributed by atoms with van der Waals surface area (Å²) in [4.78, 5) is 52.4. The molecule has 0 spiro atoms. The third-order valence-corrected chi connectivity index (χ3v) is 14.7. The van der Waals surface area contributed by atoms with Gasteiger partial charge in [0.25, 0.3) is 0 Å². The Kier molecular flexibility index (Phi) is 18.6. The van der Waals surface area contributed by atoms with Crippen molar-refractivity contribution in [2.45, 2.75) is 100 Å². The number of carbonyl (C=O) groups excluding carboxylic acids is 4. The van der Waals surface area contributed by atoms with Crippen molar-refractivity contribution < 1.29 is 52.8 Å². The topological polar surface area (TPSA) is 270 Å². The number of primary sulfonamides is 2. The Morgan fingerprint density at radius 1 is 0.385 bits per heavy atom. The Balaban J connectivity index is 0.000000347. The zero-order valence-corrected chi connectivity index (χ0v) is 34.4. The molecule has 4 aliphatic rings. The van der Waals surface area contributed by atoms with E-state index < -0.39 is 60.7 Å². The Morgan fingerprint density at radius 2 is 0.538 bits per heavy atom. The quantitative estimate of drug-likeness (QED) is 0.288. The van der Waals surface area contributed by atoms with Crippen molar-refractivity contribution in [3.05, 3.63) is 0 Å². The molecule has 0 bridgehead atoms. The van der Waals surface area contributed by atoms with Crippen LogP contribution in [-0.2, 0) is 58.9 Å². The highest BCUT2D eigenvalue weighted by molar-refractivity contribution is 7.92. The van der Waals surface area contributed by atoms with Gasteiger partial charge in [-0.1, -0.05) is 0 Å². The van der Waals surface area contributed by atoms with Crippen LogP contribution < -0.4 is 10.3 Å². The van der Waals surface area contributed by atoms with Crippen LogP contribution in [0.2, 0.25) is 0 Å². The Morgan fingerprint density at radius 3 is 0.673 bits per heavy atom. The average Bonchev–Trinajstić information content (AvgIpc) is 3.89. The first-order chi connectivity index (χ1) is 23.7. The van der Waals surface area contributed by atoms with E-state index in [1.165, 1.54) is 27.7 Å². The van der Waals surface area contributed by atoms with E-state index >= 15 is 0 Å². The van der Waals surface area contributed by atoms with Gasteiger partial charge in [0.1, 0.15) is 10.5 Å². The van der Waals surface area contributed by atoms with E-state index in [9.17, 15) is 52.8 Å². The Hall–Kier alpha value is -2.40. The number of nitrogens with zero attached hydrogens (tertiary/aromatic N) is 4. The highest BCUT2D eigenvalue weighted by Crippen LogP contribution is 2.14. The van der Waals surface area contributed by atoms with Crippen molar-refractivity contribution in [2.24, 2.45) is 10.3 Å². The van der Waals surface area contributed by atoms with Crippen molar-refractivity contribution >= 4 is 63.3 Å². The van der Waals surface area contributed by atoms with Crippen molar-refractivity contribution in [2.75, 3.05) is 64.9 Å². The molecule has 18 nitrogen and oxygen atoms in total. The Labute approximate surface area is 309 Å². The number of hydrogen-bond donors (Lipinski definition) is 2. The molecule has 0 saturated carbocycles. The fraction of sp³-hybridized carbons (Fsp3) is 0.867. The van der Waals surface area contributed by atoms with Crippen molar-refractivity contribution in [3.63, 3.8) is 0 Å². The van der Waals surface area contributed by atoms with E-state index in [-0.39, 0.29) is 23.6 Å². The van der Waals surface area contributed by atoms with Crippen LogP contribution in [0.3, 0.4) is 0 Å². The standard InChI is InChI=1S/2C8H15NO3S.2C7H14N2O3S/c2*1-7(13(2,11)12)8(10)9-5-3-4-6-9;2*1-6(13(8,11)12)7(10)9-4-2-3-5-9/h2*7H,3-6H2,1-2H3;2*6H,2-5H2,1H3,(H2,8,11,12)/t2*7-;2*6-/m1010/s1. The largest absolute Gasteiger partial charge is 0.342 e. The second-order valence-corrected chi connectivity index (χ2v) is 22.0. The van der Waals surface area contributed by atoms with E-state index in [0.717, 1.165) is 63.9 Å². The van der Waals surface area contributed by atoms with Gasteiger partial charge in [0, 0.05) is 64.9 Å². The lowest BCUT2D eigenvalue weighted by molar-refractivity contribution is -0.130. The lowest BCUT2D eigenvalue weighted by atomic mass is 10.4. The molecule has 4 fully saturated rings. The molecule has 0 aromatic carbocycles. The van der Waals surface area contributed by atoms with Gasteiger partial charge < -0.3 is 19.6 Å². The van der Waals surface area contributed by atoms with Crippen molar-refractivity contribution in [1.29, 1.82) is 0 Å². The predicted octanol–water partition coefficient (Wildman–Crippen LogP) is -1.34. The van der Waals surface area contributed by atoms with Crippen LogP contribution in [0.4, 0.5) is 0 Å². The number of amides is 4. The van der Waals surface area contributed by atoms with E-state index in [1.54, 1.807) is 19.6 Å². The summed E-state index contributed by atoms with van der Waals surface area (Å²) < 4.78 is 87.8. The van der Waals surface area contributed by atoms with Gasteiger partial charge in [-0.15, -0.1) is 0 Å². The van der Waals surface area contributed by atoms with Gasteiger partial charge in [-0.25, -0.2) is 43.9 Å². The number of sulfone groups is 2. The Bertz CT molecular complexity index is 1420. The van der Waals surface area contributed by atoms with Crippen LogP contribution in [0, 0.1) is 0 Å². The zero-order chi connectivity index (χ0) is 40.2. The monoisotopic (exact) mass is 822 g/mol. The minimum atomic E-state index is -3.73. The number of likely N-dealkylation sites (tertiary alicyclic amines) is 4. The first kappa shape index (κ1) is 47.6. The second-order valence-electron chi connectivity index (χ2n) is 13.5. The number of sulfonamides is 2. The van der Waals surface area contributed by atoms with E-state index in [0.29, 0.717) is 52.4 Å². The summed E-state index contributed by atoms with van der Waals surface area (Å²) in [5.41, 5.74) is 0. The van der Waals surface area contributed by atoms with E-state index in [4.69, 9.17) is 10.3 Å². The number of rotatable bonds is 8. The number of nitrogens with two attached hydrogens (primary N) is 2. The van der Waals surface area contributed by atoms with Gasteiger partial charge in [-0.05, 0) is 79.1 Å². The normalized spacial score (nSPS) is 20.3. The lowest BCUT2D eigenvalue weighted by Gasteiger charge is -2.18. The van der Waals surface area contributed by atoms with Gasteiger partial charge in [0.05, 0.1) is 0 Å². The molecule has 4 rings (SSSR count). The maximum Gasteiger partial charge on any atom is 0.242 e. The SMILES string of the molecule is C[C@@H](C(=O)N1CCCC1)S(C)(=O)=O.C[C@@H](C(=O)N1CCCC1)S(N)(=O)=O.C[C@H](C(=O)N1CCCC1)S(C)(=O)=O.C[C@H](C(=O)N1CCCC1)S(N)(=O)=O. The zero-order valence-electron chi connectivity index (χ0n) is 31.1. The maximum absolute atomic E-state index is 11.5. The minimum absolute atomic E-state index is 0.250. The fourth-order valence-electron chi connectivity index (χ4n) is 5.43. The van der Waals surface area contributed by atoms with E-state index in [1.807, 2.05) is 0 Å². The second kappa shape index (κ2) is 20.3. The predicted molar refractivity (Wildman–Crippen MR) is 197 cm³/mol. The van der Waals surface area contributed by atoms with Crippen LogP contribution in [0.25, 0.3) is 0 Å². The van der Waals surface area contributed by atoms with Crippen LogP contribution in [0.15, 0.2) is 0 Å². The summed E-state index contributed by atoms with van der Waals surface area (Å²) in [7, 11) is -13.9.